The molecule has 0 aromatic carbocycles. The van der Waals surface area contributed by atoms with Gasteiger partial charge in [0.2, 0.25) is 11.8 Å². The Bertz CT molecular complexity index is 407. The molecule has 0 saturated carbocycles. The van der Waals surface area contributed by atoms with Crippen LogP contribution >= 0.6 is 0 Å². The zero-order chi connectivity index (χ0) is 14.2. The van der Waals surface area contributed by atoms with Crippen molar-refractivity contribution >= 4 is 17.8 Å². The van der Waals surface area contributed by atoms with Crippen molar-refractivity contribution in [3.63, 3.8) is 0 Å². The van der Waals surface area contributed by atoms with Crippen molar-refractivity contribution in [3.8, 4) is 0 Å². The topological polar surface area (TPSA) is 77.9 Å². The zero-order valence-corrected chi connectivity index (χ0v) is 11.3. The molecular formula is C13H20N2O4. The van der Waals surface area contributed by atoms with E-state index in [4.69, 9.17) is 5.11 Å². The molecule has 0 spiro atoms. The van der Waals surface area contributed by atoms with Crippen molar-refractivity contribution < 1.29 is 19.5 Å². The summed E-state index contributed by atoms with van der Waals surface area (Å²) in [6, 6.07) is 0.107. The summed E-state index contributed by atoms with van der Waals surface area (Å²) in [6.45, 7) is 5.09. The second kappa shape index (κ2) is 5.19. The van der Waals surface area contributed by atoms with Gasteiger partial charge >= 0.3 is 5.97 Å². The highest BCUT2D eigenvalue weighted by Crippen LogP contribution is 2.25. The summed E-state index contributed by atoms with van der Waals surface area (Å²) >= 11 is 0. The summed E-state index contributed by atoms with van der Waals surface area (Å²) in [4.78, 5) is 38.3. The van der Waals surface area contributed by atoms with Crippen molar-refractivity contribution in [1.82, 2.24) is 9.80 Å². The minimum Gasteiger partial charge on any atom is -0.481 e. The Balaban J connectivity index is 1.95. The van der Waals surface area contributed by atoms with Gasteiger partial charge in [-0.15, -0.1) is 0 Å². The van der Waals surface area contributed by atoms with Crippen LogP contribution in [0.5, 0.6) is 0 Å². The van der Waals surface area contributed by atoms with E-state index in [9.17, 15) is 14.4 Å². The third-order valence-corrected chi connectivity index (χ3v) is 3.98. The van der Waals surface area contributed by atoms with Crippen molar-refractivity contribution in [2.45, 2.75) is 32.7 Å². The van der Waals surface area contributed by atoms with Gasteiger partial charge in [0, 0.05) is 32.1 Å². The average molecular weight is 268 g/mol. The number of hydrogen-bond acceptors (Lipinski definition) is 3. The smallest absolute Gasteiger partial charge is 0.308 e. The van der Waals surface area contributed by atoms with E-state index in [2.05, 4.69) is 0 Å². The standard InChI is InChI=1S/C13H20N2O4/c1-8(2)15-7-10(5-11(15)16)12(17)14-4-3-9(6-14)13(18)19/h8-10H,3-7H2,1-2H3,(H,18,19). The molecule has 2 rings (SSSR count). The molecule has 2 unspecified atom stereocenters. The minimum absolute atomic E-state index is 0.0160. The number of carbonyl (C=O) groups is 3. The number of carboxylic acids is 1. The van der Waals surface area contributed by atoms with E-state index in [-0.39, 0.29) is 36.7 Å². The highest BCUT2D eigenvalue weighted by atomic mass is 16.4. The summed E-state index contributed by atoms with van der Waals surface area (Å²) in [5, 5.41) is 8.93. The summed E-state index contributed by atoms with van der Waals surface area (Å²) in [6.07, 6.45) is 0.765. The Labute approximate surface area is 112 Å². The van der Waals surface area contributed by atoms with Gasteiger partial charge in [0.25, 0.3) is 0 Å². The monoisotopic (exact) mass is 268 g/mol. The number of hydrogen-bond donors (Lipinski definition) is 1. The van der Waals surface area contributed by atoms with Crippen LogP contribution in [0.25, 0.3) is 0 Å². The van der Waals surface area contributed by atoms with Crippen LogP contribution in [0.1, 0.15) is 26.7 Å². The molecule has 0 bridgehead atoms. The molecule has 0 aliphatic carbocycles. The molecule has 2 aliphatic rings. The molecule has 2 aliphatic heterocycles. The fourth-order valence-electron chi connectivity index (χ4n) is 2.82. The molecule has 2 atom stereocenters. The van der Waals surface area contributed by atoms with Gasteiger partial charge in [-0.25, -0.2) is 0 Å². The van der Waals surface area contributed by atoms with Crippen LogP contribution < -0.4 is 0 Å². The van der Waals surface area contributed by atoms with E-state index in [1.807, 2.05) is 13.8 Å². The summed E-state index contributed by atoms with van der Waals surface area (Å²) in [5.74, 6) is -1.66. The molecule has 2 amide bonds. The largest absolute Gasteiger partial charge is 0.481 e. The maximum absolute atomic E-state index is 12.3. The van der Waals surface area contributed by atoms with Crippen LogP contribution in [0.4, 0.5) is 0 Å². The predicted octanol–water partition coefficient (Wildman–Crippen LogP) is 0.176. The second-order valence-corrected chi connectivity index (χ2v) is 5.65. The molecule has 2 fully saturated rings. The van der Waals surface area contributed by atoms with E-state index in [1.165, 1.54) is 0 Å². The van der Waals surface area contributed by atoms with Gasteiger partial charge in [-0.2, -0.15) is 0 Å². The lowest BCUT2D eigenvalue weighted by Gasteiger charge is -2.22. The van der Waals surface area contributed by atoms with Gasteiger partial charge in [-0.05, 0) is 20.3 Å². The third kappa shape index (κ3) is 2.72. The number of likely N-dealkylation sites (tertiary alicyclic amines) is 2. The first kappa shape index (κ1) is 13.8. The van der Waals surface area contributed by atoms with Gasteiger partial charge in [0.1, 0.15) is 0 Å². The van der Waals surface area contributed by atoms with E-state index >= 15 is 0 Å². The lowest BCUT2D eigenvalue weighted by Crippen LogP contribution is -2.37. The van der Waals surface area contributed by atoms with Crippen LogP contribution in [-0.2, 0) is 14.4 Å². The Morgan fingerprint density at radius 1 is 1.26 bits per heavy atom. The summed E-state index contributed by atoms with van der Waals surface area (Å²) < 4.78 is 0. The van der Waals surface area contributed by atoms with Gasteiger partial charge in [-0.1, -0.05) is 0 Å². The van der Waals surface area contributed by atoms with Crippen LogP contribution in [0.3, 0.4) is 0 Å². The Morgan fingerprint density at radius 3 is 2.42 bits per heavy atom. The third-order valence-electron chi connectivity index (χ3n) is 3.98. The fraction of sp³-hybridized carbons (Fsp3) is 0.769. The fourth-order valence-corrected chi connectivity index (χ4v) is 2.82. The Kier molecular flexibility index (Phi) is 3.78. The second-order valence-electron chi connectivity index (χ2n) is 5.65. The molecule has 2 heterocycles. The predicted molar refractivity (Wildman–Crippen MR) is 67.3 cm³/mol. The highest BCUT2D eigenvalue weighted by molar-refractivity contribution is 5.89. The summed E-state index contributed by atoms with van der Waals surface area (Å²) in [5.41, 5.74) is 0. The van der Waals surface area contributed by atoms with E-state index in [0.717, 1.165) is 0 Å². The number of rotatable bonds is 3. The first-order valence-corrected chi connectivity index (χ1v) is 6.71. The molecule has 0 radical (unpaired) electrons. The lowest BCUT2D eigenvalue weighted by atomic mass is 10.1. The number of carboxylic acid groups (broad SMARTS) is 1. The molecule has 2 saturated heterocycles. The quantitative estimate of drug-likeness (QED) is 0.792. The van der Waals surface area contributed by atoms with Crippen LogP contribution in [0, 0.1) is 11.8 Å². The lowest BCUT2D eigenvalue weighted by molar-refractivity contribution is -0.141. The molecule has 106 valence electrons. The van der Waals surface area contributed by atoms with E-state index < -0.39 is 11.9 Å². The van der Waals surface area contributed by atoms with Crippen molar-refractivity contribution in [2.75, 3.05) is 19.6 Å². The van der Waals surface area contributed by atoms with Gasteiger partial charge in [0.15, 0.2) is 0 Å². The molecular weight excluding hydrogens is 248 g/mol. The molecule has 1 N–H and O–H groups in total. The maximum Gasteiger partial charge on any atom is 0.308 e. The number of aliphatic carboxylic acids is 1. The highest BCUT2D eigenvalue weighted by Gasteiger charge is 2.40. The maximum atomic E-state index is 12.3. The number of carbonyl (C=O) groups excluding carboxylic acids is 2. The van der Waals surface area contributed by atoms with Crippen molar-refractivity contribution in [3.05, 3.63) is 0 Å². The first-order valence-electron chi connectivity index (χ1n) is 6.71. The minimum atomic E-state index is -0.846. The van der Waals surface area contributed by atoms with Crippen LogP contribution in [-0.4, -0.2) is 58.4 Å². The van der Waals surface area contributed by atoms with Gasteiger partial charge in [0.05, 0.1) is 11.8 Å². The van der Waals surface area contributed by atoms with Gasteiger partial charge in [-0.3, -0.25) is 14.4 Å². The van der Waals surface area contributed by atoms with E-state index in [0.29, 0.717) is 19.5 Å². The van der Waals surface area contributed by atoms with Gasteiger partial charge < -0.3 is 14.9 Å². The molecule has 19 heavy (non-hydrogen) atoms. The Hall–Kier alpha value is -1.59. The summed E-state index contributed by atoms with van der Waals surface area (Å²) in [7, 11) is 0. The van der Waals surface area contributed by atoms with Crippen LogP contribution in [0.2, 0.25) is 0 Å². The number of amides is 2. The van der Waals surface area contributed by atoms with Crippen molar-refractivity contribution in [2.24, 2.45) is 11.8 Å². The molecule has 6 nitrogen and oxygen atoms in total. The van der Waals surface area contributed by atoms with E-state index in [1.54, 1.807) is 9.80 Å². The first-order chi connectivity index (χ1) is 8.90. The zero-order valence-electron chi connectivity index (χ0n) is 11.3. The average Bonchev–Trinajstić information content (AvgIpc) is 2.94. The Morgan fingerprint density at radius 2 is 1.95 bits per heavy atom. The molecule has 6 heteroatoms. The normalized spacial score (nSPS) is 27.4. The van der Waals surface area contributed by atoms with Crippen molar-refractivity contribution in [1.29, 1.82) is 0 Å². The SMILES string of the molecule is CC(C)N1CC(C(=O)N2CCC(C(=O)O)C2)CC1=O. The molecule has 0 aromatic heterocycles. The number of nitrogens with zero attached hydrogens (tertiary/aromatic N) is 2. The molecule has 0 aromatic rings. The van der Waals surface area contributed by atoms with Crippen LogP contribution in [0.15, 0.2) is 0 Å².